The molecule has 3 nitrogen and oxygen atoms in total. The highest BCUT2D eigenvalue weighted by atomic mass is 79.9. The molecule has 0 aromatic carbocycles. The second-order valence-corrected chi connectivity index (χ2v) is 7.23. The van der Waals surface area contributed by atoms with E-state index in [4.69, 9.17) is 0 Å². The Morgan fingerprint density at radius 2 is 2.19 bits per heavy atom. The zero-order valence-electron chi connectivity index (χ0n) is 9.03. The summed E-state index contributed by atoms with van der Waals surface area (Å²) in [6.07, 6.45) is 0. The molecule has 1 unspecified atom stereocenters. The summed E-state index contributed by atoms with van der Waals surface area (Å²) in [5.41, 5.74) is 0. The molecule has 6 heteroatoms. The first-order valence-corrected chi connectivity index (χ1v) is 7.35. The van der Waals surface area contributed by atoms with E-state index in [0.29, 0.717) is 0 Å². The van der Waals surface area contributed by atoms with Crippen LogP contribution in [0.25, 0.3) is 0 Å². The zero-order valence-corrected chi connectivity index (χ0v) is 12.2. The summed E-state index contributed by atoms with van der Waals surface area (Å²) in [4.78, 5) is 1.32. The Hall–Kier alpha value is -0.300. The SMILES string of the molecule is Cc1nnc(C(C)NCc2ccc(Br)s2)s1. The largest absolute Gasteiger partial charge is 0.303 e. The van der Waals surface area contributed by atoms with Crippen molar-refractivity contribution in [1.82, 2.24) is 15.5 Å². The predicted octanol–water partition coefficient (Wildman–Crippen LogP) is 3.52. The van der Waals surface area contributed by atoms with Crippen LogP contribution in [0.15, 0.2) is 15.9 Å². The molecule has 0 aliphatic heterocycles. The van der Waals surface area contributed by atoms with Crippen molar-refractivity contribution < 1.29 is 0 Å². The minimum absolute atomic E-state index is 0.257. The number of hydrogen-bond acceptors (Lipinski definition) is 5. The average Bonchev–Trinajstić information content (AvgIpc) is 2.84. The molecule has 0 aliphatic carbocycles. The Balaban J connectivity index is 1.91. The van der Waals surface area contributed by atoms with Gasteiger partial charge < -0.3 is 5.32 Å². The highest BCUT2D eigenvalue weighted by Crippen LogP contribution is 2.23. The van der Waals surface area contributed by atoms with E-state index in [1.807, 2.05) is 6.92 Å². The van der Waals surface area contributed by atoms with Gasteiger partial charge in [-0.05, 0) is 41.9 Å². The topological polar surface area (TPSA) is 37.8 Å². The molecule has 1 N–H and O–H groups in total. The molecule has 2 rings (SSSR count). The van der Waals surface area contributed by atoms with Crippen molar-refractivity contribution in [3.63, 3.8) is 0 Å². The van der Waals surface area contributed by atoms with Gasteiger partial charge in [-0.25, -0.2) is 0 Å². The predicted molar refractivity (Wildman–Crippen MR) is 71.9 cm³/mol. The summed E-state index contributed by atoms with van der Waals surface area (Å²) in [5.74, 6) is 0. The maximum atomic E-state index is 4.13. The molecule has 0 fully saturated rings. The summed E-state index contributed by atoms with van der Waals surface area (Å²) < 4.78 is 1.17. The minimum atomic E-state index is 0.257. The van der Waals surface area contributed by atoms with Gasteiger partial charge in [-0.3, -0.25) is 0 Å². The van der Waals surface area contributed by atoms with E-state index in [1.165, 1.54) is 8.66 Å². The van der Waals surface area contributed by atoms with Gasteiger partial charge in [0.25, 0.3) is 0 Å². The number of nitrogens with one attached hydrogen (secondary N) is 1. The molecule has 0 spiro atoms. The first-order chi connectivity index (χ1) is 7.65. The van der Waals surface area contributed by atoms with Gasteiger partial charge in [0, 0.05) is 11.4 Å². The lowest BCUT2D eigenvalue weighted by atomic mass is 10.3. The van der Waals surface area contributed by atoms with Crippen molar-refractivity contribution >= 4 is 38.6 Å². The highest BCUT2D eigenvalue weighted by molar-refractivity contribution is 9.11. The molecular weight excluding hydrogens is 306 g/mol. The van der Waals surface area contributed by atoms with Crippen LogP contribution in [0.2, 0.25) is 0 Å². The Morgan fingerprint density at radius 3 is 2.75 bits per heavy atom. The van der Waals surface area contributed by atoms with Gasteiger partial charge in [0.05, 0.1) is 9.83 Å². The maximum absolute atomic E-state index is 4.13. The lowest BCUT2D eigenvalue weighted by Crippen LogP contribution is -2.17. The second kappa shape index (κ2) is 5.35. The molecule has 2 aromatic rings. The average molecular weight is 318 g/mol. The minimum Gasteiger partial charge on any atom is -0.303 e. The van der Waals surface area contributed by atoms with E-state index in [1.54, 1.807) is 22.7 Å². The third kappa shape index (κ3) is 3.10. The number of halogens is 1. The van der Waals surface area contributed by atoms with Crippen LogP contribution in [-0.4, -0.2) is 10.2 Å². The van der Waals surface area contributed by atoms with Gasteiger partial charge in [-0.2, -0.15) is 0 Å². The molecule has 0 amide bonds. The number of aryl methyl sites for hydroxylation is 1. The third-order valence-electron chi connectivity index (χ3n) is 2.12. The fraction of sp³-hybridized carbons (Fsp3) is 0.400. The van der Waals surface area contributed by atoms with Crippen LogP contribution in [0, 0.1) is 6.92 Å². The lowest BCUT2D eigenvalue weighted by Gasteiger charge is -2.08. The van der Waals surface area contributed by atoms with Crippen molar-refractivity contribution in [2.75, 3.05) is 0 Å². The van der Waals surface area contributed by atoms with Crippen LogP contribution >= 0.6 is 38.6 Å². The normalized spacial score (nSPS) is 12.9. The highest BCUT2D eigenvalue weighted by Gasteiger charge is 2.10. The van der Waals surface area contributed by atoms with Crippen molar-refractivity contribution in [3.05, 3.63) is 30.8 Å². The quantitative estimate of drug-likeness (QED) is 0.937. The van der Waals surface area contributed by atoms with Gasteiger partial charge in [0.1, 0.15) is 10.0 Å². The third-order valence-corrected chi connectivity index (χ3v) is 4.77. The summed E-state index contributed by atoms with van der Waals surface area (Å²) in [6.45, 7) is 4.96. The Kier molecular flexibility index (Phi) is 4.07. The van der Waals surface area contributed by atoms with Crippen LogP contribution in [0.4, 0.5) is 0 Å². The first-order valence-electron chi connectivity index (χ1n) is 4.93. The molecule has 2 aromatic heterocycles. The van der Waals surface area contributed by atoms with Gasteiger partial charge in [-0.15, -0.1) is 32.9 Å². The smallest absolute Gasteiger partial charge is 0.134 e. The summed E-state index contributed by atoms with van der Waals surface area (Å²) in [7, 11) is 0. The Bertz CT molecular complexity index is 466. The van der Waals surface area contributed by atoms with E-state index in [-0.39, 0.29) is 6.04 Å². The standard InChI is InChI=1S/C10H12BrN3S2/c1-6(10-14-13-7(2)15-10)12-5-8-3-4-9(11)16-8/h3-4,6,12H,5H2,1-2H3. The zero-order chi connectivity index (χ0) is 11.5. The number of thiophene rings is 1. The second-order valence-electron chi connectivity index (χ2n) is 3.47. The first kappa shape index (κ1) is 12.2. The molecule has 86 valence electrons. The van der Waals surface area contributed by atoms with Crippen molar-refractivity contribution in [3.8, 4) is 0 Å². The molecule has 1 atom stereocenters. The molecule has 16 heavy (non-hydrogen) atoms. The van der Waals surface area contributed by atoms with E-state index < -0.39 is 0 Å². The molecule has 0 radical (unpaired) electrons. The van der Waals surface area contributed by atoms with E-state index in [2.05, 4.69) is 50.5 Å². The van der Waals surface area contributed by atoms with Crippen LogP contribution in [0.1, 0.15) is 27.9 Å². The van der Waals surface area contributed by atoms with Crippen LogP contribution in [0.3, 0.4) is 0 Å². The number of hydrogen-bond donors (Lipinski definition) is 1. The van der Waals surface area contributed by atoms with Crippen molar-refractivity contribution in [2.24, 2.45) is 0 Å². The van der Waals surface area contributed by atoms with Gasteiger partial charge in [0.15, 0.2) is 0 Å². The monoisotopic (exact) mass is 317 g/mol. The van der Waals surface area contributed by atoms with Crippen molar-refractivity contribution in [2.45, 2.75) is 26.4 Å². The van der Waals surface area contributed by atoms with Gasteiger partial charge in [0.2, 0.25) is 0 Å². The van der Waals surface area contributed by atoms with Crippen molar-refractivity contribution in [1.29, 1.82) is 0 Å². The van der Waals surface area contributed by atoms with Crippen LogP contribution < -0.4 is 5.32 Å². The molecular formula is C10H12BrN3S2. The molecule has 0 aliphatic rings. The number of rotatable bonds is 4. The molecule has 0 bridgehead atoms. The Labute approximate surface area is 111 Å². The lowest BCUT2D eigenvalue weighted by molar-refractivity contribution is 0.571. The van der Waals surface area contributed by atoms with E-state index >= 15 is 0 Å². The maximum Gasteiger partial charge on any atom is 0.134 e. The molecule has 2 heterocycles. The van der Waals surface area contributed by atoms with Crippen LogP contribution in [-0.2, 0) is 6.54 Å². The molecule has 0 saturated carbocycles. The van der Waals surface area contributed by atoms with Crippen LogP contribution in [0.5, 0.6) is 0 Å². The van der Waals surface area contributed by atoms with Gasteiger partial charge in [-0.1, -0.05) is 0 Å². The Morgan fingerprint density at radius 1 is 1.38 bits per heavy atom. The number of aromatic nitrogens is 2. The fourth-order valence-electron chi connectivity index (χ4n) is 1.27. The summed E-state index contributed by atoms with van der Waals surface area (Å²) in [5, 5.41) is 13.7. The number of nitrogens with zero attached hydrogens (tertiary/aromatic N) is 2. The molecule has 0 saturated heterocycles. The van der Waals surface area contributed by atoms with E-state index in [0.717, 1.165) is 16.6 Å². The summed E-state index contributed by atoms with van der Waals surface area (Å²) in [6, 6.07) is 4.45. The van der Waals surface area contributed by atoms with Gasteiger partial charge >= 0.3 is 0 Å². The van der Waals surface area contributed by atoms with E-state index in [9.17, 15) is 0 Å². The fourth-order valence-corrected chi connectivity index (χ4v) is 3.43. The summed E-state index contributed by atoms with van der Waals surface area (Å²) >= 11 is 6.86.